The SMILES string of the molecule is COc1cccc(NC(=O)COc2ccc(C(=O)N(C)Cc3ccc(OC(F)F)cc3)cc2)c1. The van der Waals surface area contributed by atoms with Crippen LogP contribution in [-0.4, -0.2) is 44.1 Å². The molecule has 3 rings (SSSR count). The molecule has 2 amide bonds. The van der Waals surface area contributed by atoms with Gasteiger partial charge in [0.2, 0.25) is 0 Å². The Bertz CT molecular complexity index is 1110. The van der Waals surface area contributed by atoms with Crippen molar-refractivity contribution in [2.24, 2.45) is 0 Å². The molecule has 0 saturated carbocycles. The van der Waals surface area contributed by atoms with Gasteiger partial charge in [-0.2, -0.15) is 8.78 Å². The lowest BCUT2D eigenvalue weighted by molar-refractivity contribution is -0.118. The Hall–Kier alpha value is -4.14. The van der Waals surface area contributed by atoms with Gasteiger partial charge in [0, 0.05) is 30.9 Å². The van der Waals surface area contributed by atoms with Crippen LogP contribution in [0, 0.1) is 0 Å². The fourth-order valence-electron chi connectivity index (χ4n) is 3.08. The van der Waals surface area contributed by atoms with Crippen molar-refractivity contribution in [2.45, 2.75) is 13.2 Å². The van der Waals surface area contributed by atoms with E-state index in [1.54, 1.807) is 74.8 Å². The summed E-state index contributed by atoms with van der Waals surface area (Å²) in [6.45, 7) is -2.80. The topological polar surface area (TPSA) is 77.1 Å². The molecule has 0 heterocycles. The smallest absolute Gasteiger partial charge is 0.387 e. The molecule has 0 bridgehead atoms. The van der Waals surface area contributed by atoms with E-state index in [4.69, 9.17) is 9.47 Å². The van der Waals surface area contributed by atoms with E-state index in [1.165, 1.54) is 17.0 Å². The highest BCUT2D eigenvalue weighted by atomic mass is 19.3. The molecule has 0 saturated heterocycles. The van der Waals surface area contributed by atoms with Crippen LogP contribution in [0.25, 0.3) is 0 Å². The third kappa shape index (κ3) is 7.19. The summed E-state index contributed by atoms with van der Waals surface area (Å²) in [5.41, 5.74) is 1.79. The maximum Gasteiger partial charge on any atom is 0.387 e. The number of hydrogen-bond donors (Lipinski definition) is 1. The van der Waals surface area contributed by atoms with Crippen molar-refractivity contribution in [3.05, 3.63) is 83.9 Å². The number of amides is 2. The van der Waals surface area contributed by atoms with E-state index in [0.29, 0.717) is 22.7 Å². The van der Waals surface area contributed by atoms with Gasteiger partial charge in [0.05, 0.1) is 7.11 Å². The Labute approximate surface area is 195 Å². The average Bonchev–Trinajstić information content (AvgIpc) is 2.83. The number of methoxy groups -OCH3 is 1. The summed E-state index contributed by atoms with van der Waals surface area (Å²) in [7, 11) is 3.18. The lowest BCUT2D eigenvalue weighted by Crippen LogP contribution is -2.26. The molecule has 178 valence electrons. The molecule has 0 aliphatic carbocycles. The van der Waals surface area contributed by atoms with Crippen LogP contribution in [0.2, 0.25) is 0 Å². The van der Waals surface area contributed by atoms with E-state index in [1.807, 2.05) is 0 Å². The van der Waals surface area contributed by atoms with E-state index in [-0.39, 0.29) is 30.7 Å². The number of hydrogen-bond acceptors (Lipinski definition) is 5. The molecule has 0 aliphatic rings. The van der Waals surface area contributed by atoms with Crippen molar-refractivity contribution in [3.63, 3.8) is 0 Å². The molecule has 34 heavy (non-hydrogen) atoms. The maximum atomic E-state index is 12.7. The number of anilines is 1. The minimum atomic E-state index is -2.88. The normalized spacial score (nSPS) is 10.5. The largest absolute Gasteiger partial charge is 0.497 e. The molecule has 3 aromatic carbocycles. The zero-order valence-electron chi connectivity index (χ0n) is 18.7. The molecule has 0 aromatic heterocycles. The molecule has 3 aromatic rings. The maximum absolute atomic E-state index is 12.7. The van der Waals surface area contributed by atoms with Gasteiger partial charge in [0.1, 0.15) is 17.2 Å². The second-order valence-electron chi connectivity index (χ2n) is 7.28. The number of halogens is 2. The summed E-state index contributed by atoms with van der Waals surface area (Å²) >= 11 is 0. The first-order valence-electron chi connectivity index (χ1n) is 10.3. The number of carbonyl (C=O) groups excluding carboxylic acids is 2. The summed E-state index contributed by atoms with van der Waals surface area (Å²) in [4.78, 5) is 26.3. The number of nitrogens with one attached hydrogen (secondary N) is 1. The Morgan fingerprint density at radius 3 is 2.26 bits per heavy atom. The van der Waals surface area contributed by atoms with Gasteiger partial charge < -0.3 is 24.4 Å². The second-order valence-corrected chi connectivity index (χ2v) is 7.28. The summed E-state index contributed by atoms with van der Waals surface area (Å²) in [5.74, 6) is 0.560. The van der Waals surface area contributed by atoms with Crippen LogP contribution < -0.4 is 19.5 Å². The summed E-state index contributed by atoms with van der Waals surface area (Å²) in [6.07, 6.45) is 0. The van der Waals surface area contributed by atoms with Crippen LogP contribution >= 0.6 is 0 Å². The lowest BCUT2D eigenvalue weighted by atomic mass is 10.1. The Morgan fingerprint density at radius 1 is 0.941 bits per heavy atom. The van der Waals surface area contributed by atoms with Crippen LogP contribution in [0.4, 0.5) is 14.5 Å². The molecule has 9 heteroatoms. The summed E-state index contributed by atoms with van der Waals surface area (Å²) in [5, 5.41) is 2.72. The number of alkyl halides is 2. The first-order valence-corrected chi connectivity index (χ1v) is 10.3. The fourth-order valence-corrected chi connectivity index (χ4v) is 3.08. The van der Waals surface area contributed by atoms with Crippen molar-refractivity contribution in [1.82, 2.24) is 4.90 Å². The third-order valence-corrected chi connectivity index (χ3v) is 4.74. The second kappa shape index (κ2) is 11.6. The quantitative estimate of drug-likeness (QED) is 0.469. The Morgan fingerprint density at radius 2 is 1.62 bits per heavy atom. The van der Waals surface area contributed by atoms with Gasteiger partial charge in [0.25, 0.3) is 11.8 Å². The molecule has 0 atom stereocenters. The van der Waals surface area contributed by atoms with Gasteiger partial charge in [-0.05, 0) is 54.1 Å². The van der Waals surface area contributed by atoms with Crippen LogP contribution in [0.1, 0.15) is 15.9 Å². The van der Waals surface area contributed by atoms with E-state index in [2.05, 4.69) is 10.1 Å². The fraction of sp³-hybridized carbons (Fsp3) is 0.200. The predicted molar refractivity (Wildman–Crippen MR) is 122 cm³/mol. The van der Waals surface area contributed by atoms with Crippen molar-refractivity contribution in [2.75, 3.05) is 26.1 Å². The highest BCUT2D eigenvalue weighted by molar-refractivity contribution is 5.94. The summed E-state index contributed by atoms with van der Waals surface area (Å²) < 4.78 is 39.4. The van der Waals surface area contributed by atoms with Crippen molar-refractivity contribution in [3.8, 4) is 17.2 Å². The van der Waals surface area contributed by atoms with E-state index < -0.39 is 6.61 Å². The number of benzene rings is 3. The van der Waals surface area contributed by atoms with Crippen molar-refractivity contribution >= 4 is 17.5 Å². The molecule has 0 radical (unpaired) electrons. The molecule has 0 spiro atoms. The first kappa shape index (κ1) is 24.5. The summed E-state index contributed by atoms with van der Waals surface area (Å²) in [6, 6.07) is 19.5. The Kier molecular flexibility index (Phi) is 8.39. The van der Waals surface area contributed by atoms with Gasteiger partial charge >= 0.3 is 6.61 Å². The zero-order valence-corrected chi connectivity index (χ0v) is 18.7. The van der Waals surface area contributed by atoms with Gasteiger partial charge in [0.15, 0.2) is 6.61 Å². The molecule has 0 unspecified atom stereocenters. The van der Waals surface area contributed by atoms with Gasteiger partial charge in [-0.3, -0.25) is 9.59 Å². The molecule has 7 nitrogen and oxygen atoms in total. The lowest BCUT2D eigenvalue weighted by Gasteiger charge is -2.18. The molecule has 1 N–H and O–H groups in total. The monoisotopic (exact) mass is 470 g/mol. The minimum Gasteiger partial charge on any atom is -0.497 e. The van der Waals surface area contributed by atoms with E-state index in [9.17, 15) is 18.4 Å². The number of nitrogens with zero attached hydrogens (tertiary/aromatic N) is 1. The minimum absolute atomic E-state index is 0.0560. The molecule has 0 aliphatic heterocycles. The third-order valence-electron chi connectivity index (χ3n) is 4.74. The highest BCUT2D eigenvalue weighted by Crippen LogP contribution is 2.19. The molecule has 0 fully saturated rings. The Balaban J connectivity index is 1.49. The number of rotatable bonds is 10. The van der Waals surface area contributed by atoms with E-state index >= 15 is 0 Å². The van der Waals surface area contributed by atoms with Crippen molar-refractivity contribution < 1.29 is 32.6 Å². The van der Waals surface area contributed by atoms with Crippen LogP contribution in [0.15, 0.2) is 72.8 Å². The molecular weight excluding hydrogens is 446 g/mol. The van der Waals surface area contributed by atoms with Gasteiger partial charge in [-0.1, -0.05) is 18.2 Å². The van der Waals surface area contributed by atoms with Gasteiger partial charge in [-0.15, -0.1) is 0 Å². The number of ether oxygens (including phenoxy) is 3. The molecular formula is C25H24F2N2O5. The first-order chi connectivity index (χ1) is 16.3. The predicted octanol–water partition coefficient (Wildman–Crippen LogP) is 4.59. The standard InChI is InChI=1S/C25H24F2N2O5/c1-29(15-17-6-10-21(11-7-17)34-25(26)27)24(31)18-8-12-20(13-9-18)33-16-23(30)28-19-4-3-5-22(14-19)32-2/h3-14,25H,15-16H2,1-2H3,(H,28,30). The number of carbonyl (C=O) groups is 2. The van der Waals surface area contributed by atoms with E-state index in [0.717, 1.165) is 5.56 Å². The zero-order chi connectivity index (χ0) is 24.5. The van der Waals surface area contributed by atoms with Gasteiger partial charge in [-0.25, -0.2) is 0 Å². The van der Waals surface area contributed by atoms with Crippen LogP contribution in [-0.2, 0) is 11.3 Å². The van der Waals surface area contributed by atoms with Crippen molar-refractivity contribution in [1.29, 1.82) is 0 Å². The van der Waals surface area contributed by atoms with Crippen LogP contribution in [0.3, 0.4) is 0 Å². The van der Waals surface area contributed by atoms with Crippen LogP contribution in [0.5, 0.6) is 17.2 Å². The highest BCUT2D eigenvalue weighted by Gasteiger charge is 2.13. The average molecular weight is 470 g/mol.